The average Bonchev–Trinajstić information content (AvgIpc) is 2.77. The number of rotatable bonds is 8. The zero-order chi connectivity index (χ0) is 23.3. The molecule has 3 aromatic rings. The Morgan fingerprint density at radius 1 is 1.06 bits per heavy atom. The third kappa shape index (κ3) is 5.21. The van der Waals surface area contributed by atoms with Crippen molar-refractivity contribution in [2.75, 3.05) is 18.4 Å². The SMILES string of the molecule is CCN(CC)S(=O)(=O)c1ccc(Oc2ccc(F)cc2)c(NC(=O)c2ccc(=O)[nH]c2)c1. The zero-order valence-corrected chi connectivity index (χ0v) is 18.3. The molecule has 1 amide bonds. The number of halogens is 1. The summed E-state index contributed by atoms with van der Waals surface area (Å²) in [6, 6.07) is 11.9. The molecule has 0 aliphatic carbocycles. The Morgan fingerprint density at radius 3 is 2.34 bits per heavy atom. The van der Waals surface area contributed by atoms with Crippen LogP contribution < -0.4 is 15.6 Å². The molecule has 0 saturated heterocycles. The first-order chi connectivity index (χ1) is 15.2. The zero-order valence-electron chi connectivity index (χ0n) is 17.5. The molecule has 1 heterocycles. The number of carbonyl (C=O) groups is 1. The molecule has 0 aliphatic rings. The third-order valence-electron chi connectivity index (χ3n) is 4.63. The molecule has 0 unspecified atom stereocenters. The molecule has 2 N–H and O–H groups in total. The molecule has 1 aromatic heterocycles. The molecule has 0 radical (unpaired) electrons. The van der Waals surface area contributed by atoms with Crippen LogP contribution in [-0.4, -0.2) is 36.7 Å². The van der Waals surface area contributed by atoms with Gasteiger partial charge in [-0.1, -0.05) is 13.8 Å². The number of H-pyrrole nitrogens is 1. The lowest BCUT2D eigenvalue weighted by Crippen LogP contribution is -2.30. The maximum absolute atomic E-state index is 13.2. The van der Waals surface area contributed by atoms with Crippen molar-refractivity contribution in [2.45, 2.75) is 18.7 Å². The van der Waals surface area contributed by atoms with Gasteiger partial charge in [0.25, 0.3) is 5.91 Å². The summed E-state index contributed by atoms with van der Waals surface area (Å²) in [5.74, 6) is -0.564. The number of pyridine rings is 1. The molecule has 0 spiro atoms. The minimum absolute atomic E-state index is 0.0237. The van der Waals surface area contributed by atoms with Crippen LogP contribution in [0.2, 0.25) is 0 Å². The molecular weight excluding hydrogens is 437 g/mol. The lowest BCUT2D eigenvalue weighted by atomic mass is 10.2. The van der Waals surface area contributed by atoms with Gasteiger partial charge in [0, 0.05) is 25.4 Å². The van der Waals surface area contributed by atoms with Crippen LogP contribution >= 0.6 is 0 Å². The molecule has 32 heavy (non-hydrogen) atoms. The number of nitrogens with one attached hydrogen (secondary N) is 2. The highest BCUT2D eigenvalue weighted by Crippen LogP contribution is 2.33. The quantitative estimate of drug-likeness (QED) is 0.535. The minimum atomic E-state index is -3.80. The van der Waals surface area contributed by atoms with E-state index in [0.717, 1.165) is 0 Å². The summed E-state index contributed by atoms with van der Waals surface area (Å²) in [6.45, 7) is 4.02. The Hall–Kier alpha value is -3.50. The van der Waals surface area contributed by atoms with Gasteiger partial charge in [-0.05, 0) is 48.5 Å². The maximum Gasteiger partial charge on any atom is 0.257 e. The van der Waals surface area contributed by atoms with E-state index in [1.54, 1.807) is 13.8 Å². The van der Waals surface area contributed by atoms with E-state index in [2.05, 4.69) is 10.3 Å². The molecule has 0 fully saturated rings. The van der Waals surface area contributed by atoms with E-state index in [-0.39, 0.29) is 40.5 Å². The van der Waals surface area contributed by atoms with E-state index in [1.165, 1.54) is 65.1 Å². The van der Waals surface area contributed by atoms with Crippen molar-refractivity contribution in [3.8, 4) is 11.5 Å². The number of sulfonamides is 1. The number of amides is 1. The normalized spacial score (nSPS) is 11.4. The van der Waals surface area contributed by atoms with Crippen molar-refractivity contribution >= 4 is 21.6 Å². The van der Waals surface area contributed by atoms with Crippen LogP contribution in [0.1, 0.15) is 24.2 Å². The van der Waals surface area contributed by atoms with Crippen LogP contribution in [0.3, 0.4) is 0 Å². The second kappa shape index (κ2) is 9.75. The van der Waals surface area contributed by atoms with Gasteiger partial charge in [0.05, 0.1) is 16.1 Å². The first kappa shape index (κ1) is 23.2. The Labute approximate surface area is 184 Å². The summed E-state index contributed by atoms with van der Waals surface area (Å²) in [6.07, 6.45) is 1.24. The lowest BCUT2D eigenvalue weighted by Gasteiger charge is -2.20. The van der Waals surface area contributed by atoms with Gasteiger partial charge in [-0.3, -0.25) is 9.59 Å². The predicted octanol–water partition coefficient (Wildman–Crippen LogP) is 3.59. The van der Waals surface area contributed by atoms with Crippen LogP contribution in [0.15, 0.2) is 70.5 Å². The van der Waals surface area contributed by atoms with Gasteiger partial charge in [0.2, 0.25) is 15.6 Å². The highest BCUT2D eigenvalue weighted by atomic mass is 32.2. The highest BCUT2D eigenvalue weighted by Gasteiger charge is 2.23. The van der Waals surface area contributed by atoms with Gasteiger partial charge in [-0.2, -0.15) is 4.31 Å². The Morgan fingerprint density at radius 2 is 1.75 bits per heavy atom. The summed E-state index contributed by atoms with van der Waals surface area (Å²) < 4.78 is 46.1. The molecule has 0 atom stereocenters. The Balaban J connectivity index is 2.02. The fourth-order valence-corrected chi connectivity index (χ4v) is 4.43. The number of anilines is 1. The number of carbonyl (C=O) groups excluding carboxylic acids is 1. The number of ether oxygens (including phenoxy) is 1. The van der Waals surface area contributed by atoms with Gasteiger partial charge < -0.3 is 15.0 Å². The lowest BCUT2D eigenvalue weighted by molar-refractivity contribution is 0.102. The smallest absolute Gasteiger partial charge is 0.257 e. The molecule has 8 nitrogen and oxygen atoms in total. The predicted molar refractivity (Wildman–Crippen MR) is 118 cm³/mol. The van der Waals surface area contributed by atoms with Gasteiger partial charge >= 0.3 is 0 Å². The van der Waals surface area contributed by atoms with Crippen molar-refractivity contribution < 1.29 is 22.3 Å². The second-order valence-electron chi connectivity index (χ2n) is 6.70. The molecule has 2 aromatic carbocycles. The monoisotopic (exact) mass is 459 g/mol. The van der Waals surface area contributed by atoms with Gasteiger partial charge in [-0.15, -0.1) is 0 Å². The number of benzene rings is 2. The van der Waals surface area contributed by atoms with Crippen molar-refractivity contribution in [3.05, 3.63) is 82.5 Å². The van der Waals surface area contributed by atoms with Crippen LogP contribution in [0.4, 0.5) is 10.1 Å². The fourth-order valence-electron chi connectivity index (χ4n) is 2.94. The topological polar surface area (TPSA) is 109 Å². The minimum Gasteiger partial charge on any atom is -0.455 e. The summed E-state index contributed by atoms with van der Waals surface area (Å²) in [5.41, 5.74) is -0.109. The Kier molecular flexibility index (Phi) is 7.06. The summed E-state index contributed by atoms with van der Waals surface area (Å²) in [4.78, 5) is 26.3. The van der Waals surface area contributed by atoms with Crippen LogP contribution in [0.5, 0.6) is 11.5 Å². The largest absolute Gasteiger partial charge is 0.455 e. The van der Waals surface area contributed by atoms with Gasteiger partial charge in [0.1, 0.15) is 11.6 Å². The van der Waals surface area contributed by atoms with Gasteiger partial charge in [-0.25, -0.2) is 12.8 Å². The summed E-state index contributed by atoms with van der Waals surface area (Å²) >= 11 is 0. The molecule has 3 rings (SSSR count). The van der Waals surface area contributed by atoms with Crippen LogP contribution in [0, 0.1) is 5.82 Å². The number of hydrogen-bond acceptors (Lipinski definition) is 5. The van der Waals surface area contributed by atoms with Crippen molar-refractivity contribution in [1.29, 1.82) is 0 Å². The third-order valence-corrected chi connectivity index (χ3v) is 6.68. The second-order valence-corrected chi connectivity index (χ2v) is 8.64. The highest BCUT2D eigenvalue weighted by molar-refractivity contribution is 7.89. The fraction of sp³-hybridized carbons (Fsp3) is 0.182. The molecule has 0 bridgehead atoms. The van der Waals surface area contributed by atoms with E-state index >= 15 is 0 Å². The Bertz CT molecular complexity index is 1250. The van der Waals surface area contributed by atoms with Crippen molar-refractivity contribution in [1.82, 2.24) is 9.29 Å². The van der Waals surface area contributed by atoms with Crippen LogP contribution in [0.25, 0.3) is 0 Å². The number of aromatic amines is 1. The maximum atomic E-state index is 13.2. The van der Waals surface area contributed by atoms with E-state index in [4.69, 9.17) is 4.74 Å². The standard InChI is InChI=1S/C22H22FN3O5S/c1-3-26(4-2)32(29,30)18-10-11-20(31-17-8-6-16(23)7-9-17)19(13-18)25-22(28)15-5-12-21(27)24-14-15/h5-14H,3-4H2,1-2H3,(H,24,27)(H,25,28). The van der Waals surface area contributed by atoms with E-state index in [0.29, 0.717) is 5.75 Å². The molecule has 10 heteroatoms. The van der Waals surface area contributed by atoms with E-state index in [1.807, 2.05) is 0 Å². The first-order valence-corrected chi connectivity index (χ1v) is 11.3. The van der Waals surface area contributed by atoms with E-state index in [9.17, 15) is 22.4 Å². The molecule has 0 aliphatic heterocycles. The molecule has 168 valence electrons. The first-order valence-electron chi connectivity index (χ1n) is 9.82. The molecular formula is C22H22FN3O5S. The number of aromatic nitrogens is 1. The summed E-state index contributed by atoms with van der Waals surface area (Å²) in [7, 11) is -3.80. The van der Waals surface area contributed by atoms with E-state index < -0.39 is 21.7 Å². The number of hydrogen-bond donors (Lipinski definition) is 2. The number of nitrogens with zero attached hydrogens (tertiary/aromatic N) is 1. The molecule has 0 saturated carbocycles. The van der Waals surface area contributed by atoms with Crippen molar-refractivity contribution in [2.24, 2.45) is 0 Å². The van der Waals surface area contributed by atoms with Crippen molar-refractivity contribution in [3.63, 3.8) is 0 Å². The van der Waals surface area contributed by atoms with Crippen LogP contribution in [-0.2, 0) is 10.0 Å². The summed E-state index contributed by atoms with van der Waals surface area (Å²) in [5, 5.41) is 2.62. The average molecular weight is 459 g/mol. The van der Waals surface area contributed by atoms with Gasteiger partial charge in [0.15, 0.2) is 5.75 Å².